The van der Waals surface area contributed by atoms with Crippen LogP contribution in [-0.4, -0.2) is 55.8 Å². The highest BCUT2D eigenvalue weighted by Gasteiger charge is 2.43. The Kier molecular flexibility index (Phi) is 10.3. The number of aryl methyl sites for hydroxylation is 1. The monoisotopic (exact) mass is 579 g/mol. The molecule has 0 unspecified atom stereocenters. The number of benzene rings is 3. The molecule has 0 radical (unpaired) electrons. The summed E-state index contributed by atoms with van der Waals surface area (Å²) in [6, 6.07) is 16.3. The number of carbonyl (C=O) groups is 2. The van der Waals surface area contributed by atoms with Gasteiger partial charge in [-0.2, -0.15) is 0 Å². The van der Waals surface area contributed by atoms with Crippen LogP contribution in [0, 0.1) is 24.5 Å². The van der Waals surface area contributed by atoms with Gasteiger partial charge in [0.1, 0.15) is 11.6 Å². The number of likely N-dealkylation sites (tertiary alicyclic amines) is 1. The zero-order chi connectivity index (χ0) is 30.3. The SMILES string of the molecule is CNCc1ccc(C(=O)N2CCC[C@@H]([C@@](O)(CCCNC(=O)OC)c3cccc(F)c3-c3cc(C)ccc3F)C2)cc1. The summed E-state index contributed by atoms with van der Waals surface area (Å²) in [5.74, 6) is -1.85. The van der Waals surface area contributed by atoms with E-state index in [0.717, 1.165) is 11.1 Å². The number of aliphatic hydroxyl groups is 1. The van der Waals surface area contributed by atoms with Crippen molar-refractivity contribution in [3.05, 3.63) is 94.6 Å². The van der Waals surface area contributed by atoms with E-state index in [1.165, 1.54) is 25.3 Å². The maximum Gasteiger partial charge on any atom is 0.406 e. The normalized spacial score (nSPS) is 16.5. The van der Waals surface area contributed by atoms with Gasteiger partial charge in [-0.15, -0.1) is 0 Å². The maximum absolute atomic E-state index is 15.6. The number of piperidine rings is 1. The molecular weight excluding hydrogens is 540 g/mol. The van der Waals surface area contributed by atoms with Gasteiger partial charge in [0.15, 0.2) is 0 Å². The number of halogens is 2. The minimum absolute atomic E-state index is 0.00528. The first-order valence-corrected chi connectivity index (χ1v) is 14.3. The summed E-state index contributed by atoms with van der Waals surface area (Å²) < 4.78 is 35.4. The smallest absolute Gasteiger partial charge is 0.406 e. The summed E-state index contributed by atoms with van der Waals surface area (Å²) in [7, 11) is 3.12. The Bertz CT molecular complexity index is 1400. The van der Waals surface area contributed by atoms with Crippen LogP contribution >= 0.6 is 0 Å². The number of rotatable bonds is 10. The van der Waals surface area contributed by atoms with E-state index in [2.05, 4.69) is 15.4 Å². The fraction of sp³-hybridized carbons (Fsp3) is 0.394. The summed E-state index contributed by atoms with van der Waals surface area (Å²) in [5, 5.41) is 18.3. The van der Waals surface area contributed by atoms with Gasteiger partial charge >= 0.3 is 6.09 Å². The van der Waals surface area contributed by atoms with Crippen molar-refractivity contribution in [2.45, 2.75) is 44.8 Å². The number of hydrogen-bond donors (Lipinski definition) is 3. The van der Waals surface area contributed by atoms with Crippen molar-refractivity contribution in [3.63, 3.8) is 0 Å². The van der Waals surface area contributed by atoms with Gasteiger partial charge in [0.2, 0.25) is 0 Å². The molecule has 42 heavy (non-hydrogen) atoms. The summed E-state index contributed by atoms with van der Waals surface area (Å²) in [6.07, 6.45) is 1.11. The molecule has 1 fully saturated rings. The Morgan fingerprint density at radius 3 is 2.57 bits per heavy atom. The lowest BCUT2D eigenvalue weighted by Gasteiger charge is -2.43. The second kappa shape index (κ2) is 13.9. The molecule has 0 aliphatic carbocycles. The Balaban J connectivity index is 1.70. The molecular formula is C33H39F2N3O4. The van der Waals surface area contributed by atoms with Gasteiger partial charge in [-0.1, -0.05) is 35.9 Å². The minimum atomic E-state index is -1.62. The number of carbonyl (C=O) groups excluding carboxylic acids is 2. The predicted molar refractivity (Wildman–Crippen MR) is 158 cm³/mol. The van der Waals surface area contributed by atoms with Gasteiger partial charge in [-0.05, 0) is 81.1 Å². The predicted octanol–water partition coefficient (Wildman–Crippen LogP) is 5.54. The van der Waals surface area contributed by atoms with E-state index in [1.54, 1.807) is 42.2 Å². The molecule has 224 valence electrons. The molecule has 4 rings (SSSR count). The lowest BCUT2D eigenvalue weighted by Crippen LogP contribution is -2.48. The first-order chi connectivity index (χ1) is 20.2. The molecule has 3 N–H and O–H groups in total. The average molecular weight is 580 g/mol. The van der Waals surface area contributed by atoms with E-state index in [4.69, 9.17) is 0 Å². The molecule has 2 amide bonds. The van der Waals surface area contributed by atoms with Gasteiger partial charge in [-0.3, -0.25) is 4.79 Å². The topological polar surface area (TPSA) is 90.9 Å². The van der Waals surface area contributed by atoms with Crippen LogP contribution in [0.4, 0.5) is 13.6 Å². The van der Waals surface area contributed by atoms with Crippen molar-refractivity contribution >= 4 is 12.0 Å². The molecule has 0 aromatic heterocycles. The van der Waals surface area contributed by atoms with E-state index in [9.17, 15) is 14.7 Å². The van der Waals surface area contributed by atoms with Crippen molar-refractivity contribution in [2.75, 3.05) is 33.8 Å². The zero-order valence-electron chi connectivity index (χ0n) is 24.4. The average Bonchev–Trinajstić information content (AvgIpc) is 3.00. The maximum atomic E-state index is 15.6. The first-order valence-electron chi connectivity index (χ1n) is 14.3. The van der Waals surface area contributed by atoms with Crippen LogP contribution in [0.1, 0.15) is 52.7 Å². The highest BCUT2D eigenvalue weighted by atomic mass is 19.1. The number of ether oxygens (including phenoxy) is 1. The molecule has 0 bridgehead atoms. The Labute approximate surface area is 245 Å². The second-order valence-electron chi connectivity index (χ2n) is 10.9. The fourth-order valence-corrected chi connectivity index (χ4v) is 5.87. The lowest BCUT2D eigenvalue weighted by molar-refractivity contribution is -0.0564. The van der Waals surface area contributed by atoms with Gasteiger partial charge in [0, 0.05) is 48.8 Å². The molecule has 3 aromatic rings. The molecule has 0 saturated carbocycles. The second-order valence-corrected chi connectivity index (χ2v) is 10.9. The van der Waals surface area contributed by atoms with Gasteiger partial charge < -0.3 is 25.4 Å². The van der Waals surface area contributed by atoms with Crippen LogP contribution in [0.25, 0.3) is 11.1 Å². The van der Waals surface area contributed by atoms with E-state index < -0.39 is 29.2 Å². The van der Waals surface area contributed by atoms with Crippen molar-refractivity contribution in [1.82, 2.24) is 15.5 Å². The first kappa shape index (κ1) is 31.1. The van der Waals surface area contributed by atoms with Crippen LogP contribution in [0.2, 0.25) is 0 Å². The summed E-state index contributed by atoms with van der Waals surface area (Å²) >= 11 is 0. The van der Waals surface area contributed by atoms with E-state index in [-0.39, 0.29) is 42.1 Å². The number of hydrogen-bond acceptors (Lipinski definition) is 5. The summed E-state index contributed by atoms with van der Waals surface area (Å²) in [5.41, 5.74) is 1.07. The Morgan fingerprint density at radius 1 is 1.10 bits per heavy atom. The van der Waals surface area contributed by atoms with Crippen molar-refractivity contribution in [1.29, 1.82) is 0 Å². The van der Waals surface area contributed by atoms with Gasteiger partial charge in [0.05, 0.1) is 12.7 Å². The molecule has 1 aliphatic rings. The van der Waals surface area contributed by atoms with Crippen LogP contribution in [0.5, 0.6) is 0 Å². The number of amides is 2. The van der Waals surface area contributed by atoms with Crippen molar-refractivity contribution in [3.8, 4) is 11.1 Å². The summed E-state index contributed by atoms with van der Waals surface area (Å²) in [6.45, 7) is 3.47. The molecule has 3 aromatic carbocycles. The Hall–Kier alpha value is -3.82. The standard InChI is InChI=1S/C33H39F2N3O4/c1-22-10-15-28(34)26(19-22)30-27(8-4-9-29(30)35)33(41,16-6-17-37-32(40)42-3)25-7-5-18-38(21-25)31(39)24-13-11-23(12-14-24)20-36-2/h4,8-15,19,25,36,41H,5-7,16-18,20-21H2,1-3H3,(H,37,40)/t25-,33+/m1/s1. The quantitative estimate of drug-likeness (QED) is 0.275. The highest BCUT2D eigenvalue weighted by Crippen LogP contribution is 2.45. The number of alkyl carbamates (subject to hydrolysis) is 1. The van der Waals surface area contributed by atoms with Crippen LogP contribution in [0.3, 0.4) is 0 Å². The molecule has 1 aliphatic heterocycles. The van der Waals surface area contributed by atoms with Crippen LogP contribution in [0.15, 0.2) is 60.7 Å². The molecule has 1 saturated heterocycles. The van der Waals surface area contributed by atoms with Crippen molar-refractivity contribution in [2.24, 2.45) is 5.92 Å². The molecule has 9 heteroatoms. The number of nitrogens with zero attached hydrogens (tertiary/aromatic N) is 1. The van der Waals surface area contributed by atoms with Crippen LogP contribution < -0.4 is 10.6 Å². The molecule has 1 heterocycles. The minimum Gasteiger partial charge on any atom is -0.453 e. The third kappa shape index (κ3) is 6.97. The Morgan fingerprint density at radius 2 is 1.86 bits per heavy atom. The molecule has 2 atom stereocenters. The molecule has 7 nitrogen and oxygen atoms in total. The van der Waals surface area contributed by atoms with Gasteiger partial charge in [-0.25, -0.2) is 13.6 Å². The van der Waals surface area contributed by atoms with E-state index in [1.807, 2.05) is 19.2 Å². The largest absolute Gasteiger partial charge is 0.453 e. The number of methoxy groups -OCH3 is 1. The van der Waals surface area contributed by atoms with Crippen LogP contribution in [-0.2, 0) is 16.9 Å². The third-order valence-electron chi connectivity index (χ3n) is 8.03. The van der Waals surface area contributed by atoms with Crippen molar-refractivity contribution < 1.29 is 28.2 Å². The van der Waals surface area contributed by atoms with E-state index in [0.29, 0.717) is 37.9 Å². The highest BCUT2D eigenvalue weighted by molar-refractivity contribution is 5.94. The fourth-order valence-electron chi connectivity index (χ4n) is 5.87. The lowest BCUT2D eigenvalue weighted by atomic mass is 9.72. The number of nitrogens with one attached hydrogen (secondary N) is 2. The molecule has 0 spiro atoms. The zero-order valence-corrected chi connectivity index (χ0v) is 24.4. The van der Waals surface area contributed by atoms with E-state index >= 15 is 8.78 Å². The third-order valence-corrected chi connectivity index (χ3v) is 8.03. The van der Waals surface area contributed by atoms with Gasteiger partial charge in [0.25, 0.3) is 5.91 Å². The summed E-state index contributed by atoms with van der Waals surface area (Å²) in [4.78, 5) is 26.9.